The third-order valence-electron chi connectivity index (χ3n) is 13.1. The maximum absolute atomic E-state index is 17.8. The Bertz CT molecular complexity index is 2380. The molecule has 10 nitrogen and oxygen atoms in total. The highest BCUT2D eigenvalue weighted by Crippen LogP contribution is 2.61. The number of phenolic OH excluding ortho intramolecular Hbond substituents is 1. The van der Waals surface area contributed by atoms with E-state index in [-0.39, 0.29) is 60.1 Å². The predicted octanol–water partition coefficient (Wildman–Crippen LogP) is 6.68. The number of phenols is 1. The van der Waals surface area contributed by atoms with Crippen LogP contribution in [-0.4, -0.2) is 112 Å². The zero-order valence-corrected chi connectivity index (χ0v) is 31.5. The van der Waals surface area contributed by atoms with E-state index < -0.39 is 23.0 Å². The maximum Gasteiger partial charge on any atom is 0.319 e. The third-order valence-corrected chi connectivity index (χ3v) is 13.1. The molecule has 2 aromatic heterocycles. The predicted molar refractivity (Wildman–Crippen MR) is 201 cm³/mol. The van der Waals surface area contributed by atoms with E-state index in [1.807, 2.05) is 13.1 Å². The molecule has 1 N–H and O–H groups in total. The van der Waals surface area contributed by atoms with Crippen molar-refractivity contribution in [2.45, 2.75) is 69.5 Å². The van der Waals surface area contributed by atoms with Gasteiger partial charge in [-0.15, -0.1) is 0 Å². The quantitative estimate of drug-likeness (QED) is 0.165. The molecule has 14 heteroatoms. The molecule has 2 aliphatic carbocycles. The molecule has 5 aromatic rings. The van der Waals surface area contributed by atoms with Gasteiger partial charge in [0.1, 0.15) is 35.0 Å². The molecule has 0 unspecified atom stereocenters. The van der Waals surface area contributed by atoms with Crippen molar-refractivity contribution in [2.24, 2.45) is 17.9 Å². The molecule has 3 aromatic carbocycles. The zero-order chi connectivity index (χ0) is 38.2. The van der Waals surface area contributed by atoms with Crippen molar-refractivity contribution in [3.05, 3.63) is 47.7 Å². The monoisotopic (exact) mass is 759 g/mol. The van der Waals surface area contributed by atoms with Gasteiger partial charge in [-0.05, 0) is 86.3 Å². The Kier molecular flexibility index (Phi) is 7.75. The summed E-state index contributed by atoms with van der Waals surface area (Å²) in [7, 11) is 5.25. The minimum atomic E-state index is -2.92. The van der Waals surface area contributed by atoms with Crippen LogP contribution < -0.4 is 9.64 Å². The van der Waals surface area contributed by atoms with Crippen LogP contribution in [0.5, 0.6) is 11.8 Å². The van der Waals surface area contributed by atoms with Crippen molar-refractivity contribution in [1.29, 1.82) is 0 Å². The summed E-state index contributed by atoms with van der Waals surface area (Å²) in [6.45, 7) is 4.94. The second-order valence-electron chi connectivity index (χ2n) is 17.3. The minimum Gasteiger partial charge on any atom is -0.508 e. The van der Waals surface area contributed by atoms with Crippen molar-refractivity contribution in [2.75, 3.05) is 58.5 Å². The first-order valence-corrected chi connectivity index (χ1v) is 19.4. The second kappa shape index (κ2) is 12.1. The lowest BCUT2D eigenvalue weighted by Crippen LogP contribution is -2.64. The van der Waals surface area contributed by atoms with Crippen LogP contribution in [0.4, 0.5) is 23.4 Å². The molecule has 290 valence electrons. The van der Waals surface area contributed by atoms with Crippen LogP contribution in [0.15, 0.2) is 30.5 Å². The van der Waals surface area contributed by atoms with Gasteiger partial charge < -0.3 is 24.4 Å². The molecular formula is C41H45F4N7O3. The number of ether oxygens (including phenoxy) is 2. The Labute approximate surface area is 316 Å². The zero-order valence-electron chi connectivity index (χ0n) is 31.5. The summed E-state index contributed by atoms with van der Waals surface area (Å²) in [6, 6.07) is 6.41. The number of piperazine rings is 1. The molecule has 0 amide bonds. The number of alkyl halides is 2. The van der Waals surface area contributed by atoms with Crippen LogP contribution in [-0.2, 0) is 18.2 Å². The van der Waals surface area contributed by atoms with Crippen LogP contribution >= 0.6 is 0 Å². The van der Waals surface area contributed by atoms with E-state index in [4.69, 9.17) is 19.6 Å². The Hall–Kier alpha value is -4.27. The smallest absolute Gasteiger partial charge is 0.319 e. The lowest BCUT2D eigenvalue weighted by atomic mass is 9.63. The average Bonchev–Trinajstić information content (AvgIpc) is 3.28. The number of aryl methyl sites for hydroxylation is 2. The highest BCUT2D eigenvalue weighted by molar-refractivity contribution is 6.18. The van der Waals surface area contributed by atoms with Gasteiger partial charge >= 0.3 is 6.01 Å². The number of aromatic nitrogens is 4. The van der Waals surface area contributed by atoms with E-state index in [0.717, 1.165) is 52.0 Å². The molecule has 3 atom stereocenters. The lowest BCUT2D eigenvalue weighted by molar-refractivity contribution is -0.185. The molecule has 2 bridgehead atoms. The number of hydrogen-bond donors (Lipinski definition) is 1. The molecule has 0 radical (unpaired) electrons. The van der Waals surface area contributed by atoms with Gasteiger partial charge in [0.2, 0.25) is 0 Å². The number of halogens is 4. The summed E-state index contributed by atoms with van der Waals surface area (Å²) >= 11 is 0. The largest absolute Gasteiger partial charge is 0.508 e. The number of nitrogens with zero attached hydrogens (tertiary/aromatic N) is 7. The number of fused-ring (bicyclic) bond motifs is 6. The van der Waals surface area contributed by atoms with Gasteiger partial charge in [-0.2, -0.15) is 15.1 Å². The Morgan fingerprint density at radius 1 is 1.00 bits per heavy atom. The Balaban J connectivity index is 1.15. The maximum atomic E-state index is 17.8. The van der Waals surface area contributed by atoms with Gasteiger partial charge in [0, 0.05) is 73.8 Å². The summed E-state index contributed by atoms with van der Waals surface area (Å²) in [4.78, 5) is 16.3. The summed E-state index contributed by atoms with van der Waals surface area (Å²) in [5, 5.41) is 17.8. The van der Waals surface area contributed by atoms with Crippen molar-refractivity contribution < 1.29 is 32.1 Å². The van der Waals surface area contributed by atoms with Crippen molar-refractivity contribution in [3.8, 4) is 22.9 Å². The minimum absolute atomic E-state index is 0.0431. The highest BCUT2D eigenvalue weighted by atomic mass is 19.3. The molecule has 3 aliphatic heterocycles. The number of aromatic hydroxyl groups is 1. The number of hydrogen-bond acceptors (Lipinski definition) is 9. The van der Waals surface area contributed by atoms with Gasteiger partial charge in [-0.25, -0.2) is 17.6 Å². The Morgan fingerprint density at radius 3 is 2.36 bits per heavy atom. The van der Waals surface area contributed by atoms with Crippen molar-refractivity contribution in [1.82, 2.24) is 29.5 Å². The number of benzene rings is 3. The molecule has 10 rings (SSSR count). The third kappa shape index (κ3) is 5.33. The summed E-state index contributed by atoms with van der Waals surface area (Å²) in [6.07, 6.45) is 5.95. The first kappa shape index (κ1) is 35.2. The Morgan fingerprint density at radius 2 is 1.73 bits per heavy atom. The first-order valence-electron chi connectivity index (χ1n) is 19.4. The number of likely N-dealkylation sites (tertiary alicyclic amines) is 1. The molecule has 1 spiro atoms. The molecule has 5 fully saturated rings. The average molecular weight is 760 g/mol. The second-order valence-corrected chi connectivity index (χ2v) is 17.3. The fourth-order valence-corrected chi connectivity index (χ4v) is 10.4. The topological polar surface area (TPSA) is 92.0 Å². The molecule has 55 heavy (non-hydrogen) atoms. The molecular weight excluding hydrogens is 714 g/mol. The standard InChI is InChI=1S/C41H45F4N7O3/c1-5-27-30(42)9-6-22-10-26(53)11-28(31(22)27)32-34(43)36-33(29-16-50(4)48-35(29)32)37(47-38(46-36)55-21-40(18-49(2)3)17-41(40,44)45)52-23-7-8-24(52)15-51(14-23)25-12-39(13-25)19-54-20-39/h6,9-11,16,23-25,53H,5,7-8,12-15,17-21H2,1-4H3/t23-,24+,40-/m1/s1. The van der Waals surface area contributed by atoms with Crippen LogP contribution in [0.2, 0.25) is 0 Å². The van der Waals surface area contributed by atoms with Gasteiger partial charge in [-0.3, -0.25) is 9.58 Å². The van der Waals surface area contributed by atoms with E-state index >= 15 is 8.78 Å². The number of rotatable bonds is 9. The fraction of sp³-hybridized carbons (Fsp3) is 0.537. The van der Waals surface area contributed by atoms with E-state index in [0.29, 0.717) is 56.3 Å². The summed E-state index contributed by atoms with van der Waals surface area (Å²) in [5.74, 6) is -3.70. The van der Waals surface area contributed by atoms with Crippen LogP contribution in [0.1, 0.15) is 44.6 Å². The van der Waals surface area contributed by atoms with Crippen molar-refractivity contribution >= 4 is 38.4 Å². The van der Waals surface area contributed by atoms with Crippen LogP contribution in [0, 0.1) is 22.5 Å². The molecule has 2 saturated carbocycles. The SMILES string of the molecule is CCc1c(F)ccc2cc(O)cc(-c3c(F)c4nc(OC[C@]5(CN(C)C)CC5(F)F)nc(N5[C@@H]6CC[C@H]5CN(C5CC7(COC7)C5)C6)c4c4cn(C)nc34)c12. The molecule has 3 saturated heterocycles. The first-order chi connectivity index (χ1) is 26.3. The fourth-order valence-electron chi connectivity index (χ4n) is 10.4. The normalized spacial score (nSPS) is 25.7. The van der Waals surface area contributed by atoms with E-state index in [1.165, 1.54) is 18.2 Å². The van der Waals surface area contributed by atoms with Gasteiger partial charge in [0.25, 0.3) is 5.92 Å². The van der Waals surface area contributed by atoms with Gasteiger partial charge in [0.15, 0.2) is 5.82 Å². The van der Waals surface area contributed by atoms with Gasteiger partial charge in [0.05, 0.1) is 24.0 Å². The van der Waals surface area contributed by atoms with E-state index in [2.05, 4.69) is 14.8 Å². The van der Waals surface area contributed by atoms with Gasteiger partial charge in [-0.1, -0.05) is 13.0 Å². The molecule has 5 heterocycles. The van der Waals surface area contributed by atoms with Crippen LogP contribution in [0.3, 0.4) is 0 Å². The number of anilines is 1. The highest BCUT2D eigenvalue weighted by Gasteiger charge is 2.71. The molecule has 5 aliphatic rings. The van der Waals surface area contributed by atoms with Crippen molar-refractivity contribution in [3.63, 3.8) is 0 Å². The lowest BCUT2D eigenvalue weighted by Gasteiger charge is -2.58. The van der Waals surface area contributed by atoms with E-state index in [9.17, 15) is 13.9 Å². The summed E-state index contributed by atoms with van der Waals surface area (Å²) in [5.41, 5.74) is -0.0731. The van der Waals surface area contributed by atoms with Crippen LogP contribution in [0.25, 0.3) is 43.7 Å². The summed E-state index contributed by atoms with van der Waals surface area (Å²) < 4.78 is 76.3. The van der Waals surface area contributed by atoms with E-state index in [1.54, 1.807) is 36.8 Å².